The third-order valence-corrected chi connectivity index (χ3v) is 3.64. The molecule has 0 spiro atoms. The predicted octanol–water partition coefficient (Wildman–Crippen LogP) is 3.18. The Morgan fingerprint density at radius 3 is 2.29 bits per heavy atom. The molecule has 0 radical (unpaired) electrons. The number of nitro benzene ring substituents is 1. The van der Waals surface area contributed by atoms with E-state index in [1.54, 1.807) is 12.1 Å². The Bertz CT molecular complexity index is 423. The second kappa shape index (κ2) is 9.95. The minimum absolute atomic E-state index is 0. The molecule has 120 valence electrons. The summed E-state index contributed by atoms with van der Waals surface area (Å²) in [5, 5.41) is 14.1. The lowest BCUT2D eigenvalue weighted by Crippen LogP contribution is -2.45. The first-order chi connectivity index (χ1) is 9.22. The van der Waals surface area contributed by atoms with Gasteiger partial charge in [0.1, 0.15) is 0 Å². The van der Waals surface area contributed by atoms with Gasteiger partial charge in [0.05, 0.1) is 4.92 Å². The fourth-order valence-electron chi connectivity index (χ4n) is 2.65. The molecule has 0 aromatic heterocycles. The molecule has 1 aromatic rings. The molecule has 1 aliphatic heterocycles. The Labute approximate surface area is 138 Å². The van der Waals surface area contributed by atoms with E-state index in [1.165, 1.54) is 5.56 Å². The number of halogens is 2. The van der Waals surface area contributed by atoms with E-state index in [2.05, 4.69) is 17.1 Å². The van der Waals surface area contributed by atoms with E-state index in [0.717, 1.165) is 39.0 Å². The highest BCUT2D eigenvalue weighted by atomic mass is 35.5. The summed E-state index contributed by atoms with van der Waals surface area (Å²) in [7, 11) is 0. The number of nitrogens with one attached hydrogen (secondary N) is 1. The number of nitrogens with zero attached hydrogens (tertiary/aromatic N) is 2. The molecular weight excluding hydrogens is 313 g/mol. The molecule has 1 saturated heterocycles. The fraction of sp³-hybridized carbons (Fsp3) is 0.571. The molecule has 0 saturated carbocycles. The summed E-state index contributed by atoms with van der Waals surface area (Å²) >= 11 is 0. The van der Waals surface area contributed by atoms with E-state index < -0.39 is 0 Å². The molecular formula is C14H23Cl2N3O2. The highest BCUT2D eigenvalue weighted by Crippen LogP contribution is 2.27. The van der Waals surface area contributed by atoms with Crippen molar-refractivity contribution in [3.63, 3.8) is 0 Å². The predicted molar refractivity (Wildman–Crippen MR) is 89.7 cm³/mol. The van der Waals surface area contributed by atoms with Crippen LogP contribution in [0.3, 0.4) is 0 Å². The van der Waals surface area contributed by atoms with Crippen molar-refractivity contribution in [3.05, 3.63) is 39.9 Å². The maximum absolute atomic E-state index is 10.7. The quantitative estimate of drug-likeness (QED) is 0.663. The summed E-state index contributed by atoms with van der Waals surface area (Å²) in [5.74, 6) is 0. The molecule has 21 heavy (non-hydrogen) atoms. The van der Waals surface area contributed by atoms with Crippen LogP contribution in [0.25, 0.3) is 0 Å². The molecule has 1 heterocycles. The summed E-state index contributed by atoms with van der Waals surface area (Å²) < 4.78 is 0. The SMILES string of the molecule is CCC[C@@H](c1ccc([N+](=O)[O-])cc1)N1CCNCC1.Cl.Cl. The van der Waals surface area contributed by atoms with Crippen molar-refractivity contribution in [2.24, 2.45) is 0 Å². The topological polar surface area (TPSA) is 58.4 Å². The number of benzene rings is 1. The number of nitro groups is 1. The molecule has 5 nitrogen and oxygen atoms in total. The van der Waals surface area contributed by atoms with Crippen LogP contribution in [-0.2, 0) is 0 Å². The van der Waals surface area contributed by atoms with Crippen LogP contribution in [0.4, 0.5) is 5.69 Å². The van der Waals surface area contributed by atoms with Crippen molar-refractivity contribution >= 4 is 30.5 Å². The molecule has 1 aromatic carbocycles. The van der Waals surface area contributed by atoms with Gasteiger partial charge in [-0.3, -0.25) is 15.0 Å². The number of hydrogen-bond donors (Lipinski definition) is 1. The first kappa shape index (κ1) is 20.1. The van der Waals surface area contributed by atoms with Gasteiger partial charge in [-0.2, -0.15) is 0 Å². The molecule has 0 unspecified atom stereocenters. The van der Waals surface area contributed by atoms with Gasteiger partial charge in [-0.1, -0.05) is 25.5 Å². The van der Waals surface area contributed by atoms with Crippen molar-refractivity contribution < 1.29 is 4.92 Å². The lowest BCUT2D eigenvalue weighted by Gasteiger charge is -2.35. The third kappa shape index (κ3) is 5.43. The number of rotatable bonds is 5. The molecule has 2 rings (SSSR count). The Morgan fingerprint density at radius 2 is 1.81 bits per heavy atom. The summed E-state index contributed by atoms with van der Waals surface area (Å²) in [4.78, 5) is 12.8. The second-order valence-electron chi connectivity index (χ2n) is 4.94. The van der Waals surface area contributed by atoms with Crippen LogP contribution in [0.15, 0.2) is 24.3 Å². The van der Waals surface area contributed by atoms with Gasteiger partial charge in [-0.15, -0.1) is 24.8 Å². The summed E-state index contributed by atoms with van der Waals surface area (Å²) in [5.41, 5.74) is 1.36. The largest absolute Gasteiger partial charge is 0.314 e. The van der Waals surface area contributed by atoms with E-state index in [4.69, 9.17) is 0 Å². The van der Waals surface area contributed by atoms with Gasteiger partial charge >= 0.3 is 0 Å². The van der Waals surface area contributed by atoms with E-state index in [-0.39, 0.29) is 35.4 Å². The van der Waals surface area contributed by atoms with Crippen molar-refractivity contribution in [1.29, 1.82) is 0 Å². The van der Waals surface area contributed by atoms with Gasteiger partial charge in [-0.05, 0) is 12.0 Å². The van der Waals surface area contributed by atoms with Crippen LogP contribution in [0.2, 0.25) is 0 Å². The van der Waals surface area contributed by atoms with Crippen LogP contribution >= 0.6 is 24.8 Å². The standard InChI is InChI=1S/C14H21N3O2.2ClH/c1-2-3-14(16-10-8-15-9-11-16)12-4-6-13(7-5-12)17(18)19;;/h4-7,14-15H,2-3,8-11H2,1H3;2*1H/t14-;;/m0../s1. The zero-order chi connectivity index (χ0) is 13.7. The number of piperazine rings is 1. The van der Waals surface area contributed by atoms with Crippen LogP contribution in [0.5, 0.6) is 0 Å². The second-order valence-corrected chi connectivity index (χ2v) is 4.94. The zero-order valence-corrected chi connectivity index (χ0v) is 13.8. The minimum atomic E-state index is -0.344. The van der Waals surface area contributed by atoms with Crippen LogP contribution < -0.4 is 5.32 Å². The fourth-order valence-corrected chi connectivity index (χ4v) is 2.65. The average molecular weight is 336 g/mol. The lowest BCUT2D eigenvalue weighted by atomic mass is 9.99. The molecule has 0 amide bonds. The third-order valence-electron chi connectivity index (χ3n) is 3.64. The van der Waals surface area contributed by atoms with Crippen LogP contribution in [0, 0.1) is 10.1 Å². The Balaban J connectivity index is 0.00000200. The molecule has 1 fully saturated rings. The lowest BCUT2D eigenvalue weighted by molar-refractivity contribution is -0.384. The zero-order valence-electron chi connectivity index (χ0n) is 12.2. The van der Waals surface area contributed by atoms with E-state index in [9.17, 15) is 10.1 Å². The minimum Gasteiger partial charge on any atom is -0.314 e. The maximum atomic E-state index is 10.7. The normalized spacial score (nSPS) is 16.4. The van der Waals surface area contributed by atoms with Crippen molar-refractivity contribution in [2.45, 2.75) is 25.8 Å². The smallest absolute Gasteiger partial charge is 0.269 e. The number of non-ortho nitro benzene ring substituents is 1. The maximum Gasteiger partial charge on any atom is 0.269 e. The molecule has 0 bridgehead atoms. The Hall–Kier alpha value is -0.880. The van der Waals surface area contributed by atoms with Gasteiger partial charge in [0, 0.05) is 44.4 Å². The van der Waals surface area contributed by atoms with Crippen molar-refractivity contribution in [3.8, 4) is 0 Å². The van der Waals surface area contributed by atoms with Gasteiger partial charge in [0.25, 0.3) is 5.69 Å². The summed E-state index contributed by atoms with van der Waals surface area (Å²) in [6.45, 7) is 6.31. The molecule has 1 N–H and O–H groups in total. The highest BCUT2D eigenvalue weighted by molar-refractivity contribution is 5.85. The van der Waals surface area contributed by atoms with Gasteiger partial charge in [0.2, 0.25) is 0 Å². The first-order valence-electron chi connectivity index (χ1n) is 6.91. The Morgan fingerprint density at radius 1 is 1.24 bits per heavy atom. The van der Waals surface area contributed by atoms with Gasteiger partial charge in [-0.25, -0.2) is 0 Å². The number of hydrogen-bond acceptors (Lipinski definition) is 4. The van der Waals surface area contributed by atoms with Crippen molar-refractivity contribution in [2.75, 3.05) is 26.2 Å². The van der Waals surface area contributed by atoms with E-state index in [1.807, 2.05) is 12.1 Å². The molecule has 7 heteroatoms. The summed E-state index contributed by atoms with van der Waals surface area (Å²) in [6.07, 6.45) is 2.21. The summed E-state index contributed by atoms with van der Waals surface area (Å²) in [6, 6.07) is 7.41. The van der Waals surface area contributed by atoms with Gasteiger partial charge < -0.3 is 5.32 Å². The van der Waals surface area contributed by atoms with E-state index in [0.29, 0.717) is 6.04 Å². The van der Waals surface area contributed by atoms with E-state index >= 15 is 0 Å². The van der Waals surface area contributed by atoms with Crippen LogP contribution in [-0.4, -0.2) is 36.0 Å². The molecule has 1 aliphatic rings. The highest BCUT2D eigenvalue weighted by Gasteiger charge is 2.21. The van der Waals surface area contributed by atoms with Crippen molar-refractivity contribution in [1.82, 2.24) is 10.2 Å². The molecule has 0 aliphatic carbocycles. The average Bonchev–Trinajstić information content (AvgIpc) is 2.46. The first-order valence-corrected chi connectivity index (χ1v) is 6.91. The monoisotopic (exact) mass is 335 g/mol. The molecule has 1 atom stereocenters. The Kier molecular flexibility index (Phi) is 9.53. The van der Waals surface area contributed by atoms with Gasteiger partial charge in [0.15, 0.2) is 0 Å². The van der Waals surface area contributed by atoms with Crippen LogP contribution in [0.1, 0.15) is 31.4 Å².